The van der Waals surface area contributed by atoms with Crippen molar-refractivity contribution in [3.63, 3.8) is 0 Å². The molecule has 1 fully saturated rings. The largest absolute Gasteiger partial charge is 0.481 e. The molecular formula is C23H28N2O5S. The van der Waals surface area contributed by atoms with Crippen molar-refractivity contribution in [3.8, 4) is 0 Å². The molecule has 0 bridgehead atoms. The van der Waals surface area contributed by atoms with E-state index in [0.717, 1.165) is 5.56 Å². The lowest BCUT2D eigenvalue weighted by Crippen LogP contribution is -2.36. The summed E-state index contributed by atoms with van der Waals surface area (Å²) in [5.41, 5.74) is 1.42. The topological polar surface area (TPSA) is 104 Å². The van der Waals surface area contributed by atoms with Crippen LogP contribution in [0.25, 0.3) is 0 Å². The van der Waals surface area contributed by atoms with Gasteiger partial charge in [-0.1, -0.05) is 30.3 Å². The number of hydrogen-bond donors (Lipinski definition) is 2. The minimum atomic E-state index is -3.77. The average molecular weight is 445 g/mol. The summed E-state index contributed by atoms with van der Waals surface area (Å²) in [6.07, 6.45) is 2.54. The zero-order valence-electron chi connectivity index (χ0n) is 17.5. The molecule has 0 aliphatic heterocycles. The zero-order valence-corrected chi connectivity index (χ0v) is 18.3. The van der Waals surface area contributed by atoms with E-state index in [-0.39, 0.29) is 29.2 Å². The van der Waals surface area contributed by atoms with Crippen molar-refractivity contribution in [2.45, 2.75) is 44.0 Å². The number of sulfonamides is 1. The Kier molecular flexibility index (Phi) is 7.46. The monoisotopic (exact) mass is 444 g/mol. The number of carboxylic acids is 1. The third kappa shape index (κ3) is 6.15. The molecule has 31 heavy (non-hydrogen) atoms. The van der Waals surface area contributed by atoms with Gasteiger partial charge in [0, 0.05) is 25.7 Å². The van der Waals surface area contributed by atoms with E-state index in [1.807, 2.05) is 30.3 Å². The Balaban J connectivity index is 1.81. The number of hydrogen-bond acceptors (Lipinski definition) is 4. The minimum absolute atomic E-state index is 0.118. The first kappa shape index (κ1) is 23.0. The molecule has 2 N–H and O–H groups in total. The van der Waals surface area contributed by atoms with Crippen LogP contribution in [-0.2, 0) is 26.2 Å². The summed E-state index contributed by atoms with van der Waals surface area (Å²) in [6.45, 7) is 1.98. The SMILES string of the molecule is CC(=O)Nc1ccc(S(=O)(=O)N(Cc2ccccc2)CC2CCC(C(=O)O)CC2)cc1. The van der Waals surface area contributed by atoms with Gasteiger partial charge >= 0.3 is 5.97 Å². The van der Waals surface area contributed by atoms with Gasteiger partial charge in [-0.15, -0.1) is 0 Å². The Bertz CT molecular complexity index is 998. The number of anilines is 1. The number of carboxylic acid groups (broad SMARTS) is 1. The van der Waals surface area contributed by atoms with Crippen LogP contribution in [0.1, 0.15) is 38.2 Å². The molecule has 1 aliphatic rings. The molecule has 7 nitrogen and oxygen atoms in total. The van der Waals surface area contributed by atoms with E-state index in [9.17, 15) is 23.1 Å². The first-order valence-corrected chi connectivity index (χ1v) is 11.8. The number of benzene rings is 2. The quantitative estimate of drug-likeness (QED) is 0.646. The summed E-state index contributed by atoms with van der Waals surface area (Å²) >= 11 is 0. The highest BCUT2D eigenvalue weighted by Gasteiger charge is 2.31. The lowest BCUT2D eigenvalue weighted by atomic mass is 9.82. The summed E-state index contributed by atoms with van der Waals surface area (Å²) in [4.78, 5) is 22.6. The molecule has 2 aromatic rings. The fourth-order valence-electron chi connectivity index (χ4n) is 3.98. The lowest BCUT2D eigenvalue weighted by Gasteiger charge is -2.31. The van der Waals surface area contributed by atoms with E-state index in [4.69, 9.17) is 0 Å². The maximum atomic E-state index is 13.5. The Hall–Kier alpha value is -2.71. The van der Waals surface area contributed by atoms with Crippen LogP contribution in [0.5, 0.6) is 0 Å². The van der Waals surface area contributed by atoms with Crippen molar-refractivity contribution in [2.75, 3.05) is 11.9 Å². The zero-order chi connectivity index (χ0) is 22.4. The highest BCUT2D eigenvalue weighted by Crippen LogP contribution is 2.31. The molecule has 0 radical (unpaired) electrons. The summed E-state index contributed by atoms with van der Waals surface area (Å²) in [7, 11) is -3.77. The van der Waals surface area contributed by atoms with Gasteiger partial charge in [-0.05, 0) is 61.4 Å². The smallest absolute Gasteiger partial charge is 0.306 e. The molecule has 3 rings (SSSR count). The second-order valence-electron chi connectivity index (χ2n) is 8.04. The van der Waals surface area contributed by atoms with Gasteiger partial charge in [-0.3, -0.25) is 9.59 Å². The van der Waals surface area contributed by atoms with Crippen molar-refractivity contribution in [3.05, 3.63) is 60.2 Å². The molecule has 1 aliphatic carbocycles. The predicted octanol–water partition coefficient (Wildman–Crippen LogP) is 3.73. The van der Waals surface area contributed by atoms with E-state index >= 15 is 0 Å². The number of rotatable bonds is 8. The van der Waals surface area contributed by atoms with Crippen molar-refractivity contribution in [2.24, 2.45) is 11.8 Å². The second-order valence-corrected chi connectivity index (χ2v) is 9.98. The highest BCUT2D eigenvalue weighted by molar-refractivity contribution is 7.89. The van der Waals surface area contributed by atoms with Crippen LogP contribution < -0.4 is 5.32 Å². The molecular weight excluding hydrogens is 416 g/mol. The summed E-state index contributed by atoms with van der Waals surface area (Å²) in [5.74, 6) is -1.21. The van der Waals surface area contributed by atoms with Gasteiger partial charge in [-0.2, -0.15) is 4.31 Å². The first-order chi connectivity index (χ1) is 14.8. The van der Waals surface area contributed by atoms with Crippen LogP contribution in [-0.4, -0.2) is 36.3 Å². The fourth-order valence-corrected chi connectivity index (χ4v) is 5.48. The third-order valence-corrected chi connectivity index (χ3v) is 7.50. The summed E-state index contributed by atoms with van der Waals surface area (Å²) in [6, 6.07) is 15.6. The number of nitrogens with zero attached hydrogens (tertiary/aromatic N) is 1. The number of nitrogens with one attached hydrogen (secondary N) is 1. The fraction of sp³-hybridized carbons (Fsp3) is 0.391. The standard InChI is InChI=1S/C23H28N2O5S/c1-17(26)24-21-11-13-22(14-12-21)31(29,30)25(15-18-5-3-2-4-6-18)16-19-7-9-20(10-8-19)23(27)28/h2-6,11-14,19-20H,7-10,15-16H2,1H3,(H,24,26)(H,27,28). The number of carbonyl (C=O) groups excluding carboxylic acids is 1. The van der Waals surface area contributed by atoms with E-state index < -0.39 is 16.0 Å². The third-order valence-electron chi connectivity index (χ3n) is 5.67. The van der Waals surface area contributed by atoms with Crippen molar-refractivity contribution < 1.29 is 23.1 Å². The van der Waals surface area contributed by atoms with Crippen LogP contribution in [0, 0.1) is 11.8 Å². The van der Waals surface area contributed by atoms with Crippen molar-refractivity contribution >= 4 is 27.6 Å². The second kappa shape index (κ2) is 10.1. The maximum absolute atomic E-state index is 13.5. The number of amides is 1. The summed E-state index contributed by atoms with van der Waals surface area (Å²) in [5, 5.41) is 11.9. The van der Waals surface area contributed by atoms with Gasteiger partial charge in [0.25, 0.3) is 0 Å². The molecule has 0 unspecified atom stereocenters. The highest BCUT2D eigenvalue weighted by atomic mass is 32.2. The number of carbonyl (C=O) groups is 2. The van der Waals surface area contributed by atoms with E-state index in [1.165, 1.54) is 23.4 Å². The summed E-state index contributed by atoms with van der Waals surface area (Å²) < 4.78 is 28.4. The van der Waals surface area contributed by atoms with E-state index in [1.54, 1.807) is 12.1 Å². The van der Waals surface area contributed by atoms with E-state index in [0.29, 0.717) is 37.9 Å². The van der Waals surface area contributed by atoms with Crippen molar-refractivity contribution in [1.82, 2.24) is 4.31 Å². The van der Waals surface area contributed by atoms with E-state index in [2.05, 4.69) is 5.32 Å². The maximum Gasteiger partial charge on any atom is 0.306 e. The molecule has 1 saturated carbocycles. The molecule has 1 amide bonds. The lowest BCUT2D eigenvalue weighted by molar-refractivity contribution is -0.143. The van der Waals surface area contributed by atoms with Gasteiger partial charge in [-0.25, -0.2) is 8.42 Å². The van der Waals surface area contributed by atoms with Crippen LogP contribution in [0.15, 0.2) is 59.5 Å². The Morgan fingerprint density at radius 1 is 1.00 bits per heavy atom. The van der Waals surface area contributed by atoms with Crippen LogP contribution >= 0.6 is 0 Å². The van der Waals surface area contributed by atoms with Gasteiger partial charge in [0.1, 0.15) is 0 Å². The van der Waals surface area contributed by atoms with Gasteiger partial charge in [0.05, 0.1) is 10.8 Å². The molecule has 166 valence electrons. The normalized spacial score (nSPS) is 19.2. The number of aliphatic carboxylic acids is 1. The Morgan fingerprint density at radius 3 is 2.16 bits per heavy atom. The molecule has 0 atom stereocenters. The minimum Gasteiger partial charge on any atom is -0.481 e. The first-order valence-electron chi connectivity index (χ1n) is 10.4. The Morgan fingerprint density at radius 2 is 1.61 bits per heavy atom. The molecule has 8 heteroatoms. The van der Waals surface area contributed by atoms with Crippen molar-refractivity contribution in [1.29, 1.82) is 0 Å². The van der Waals surface area contributed by atoms with Crippen LogP contribution in [0.2, 0.25) is 0 Å². The van der Waals surface area contributed by atoms with Gasteiger partial charge < -0.3 is 10.4 Å². The molecule has 2 aromatic carbocycles. The predicted molar refractivity (Wildman–Crippen MR) is 118 cm³/mol. The molecule has 0 heterocycles. The molecule has 0 aromatic heterocycles. The van der Waals surface area contributed by atoms with Gasteiger partial charge in [0.2, 0.25) is 15.9 Å². The average Bonchev–Trinajstić information content (AvgIpc) is 2.74. The van der Waals surface area contributed by atoms with Gasteiger partial charge in [0.15, 0.2) is 0 Å². The van der Waals surface area contributed by atoms with Crippen LogP contribution in [0.4, 0.5) is 5.69 Å². The molecule has 0 saturated heterocycles. The van der Waals surface area contributed by atoms with Crippen LogP contribution in [0.3, 0.4) is 0 Å². The molecule has 0 spiro atoms. The Labute approximate surface area is 183 Å².